The van der Waals surface area contributed by atoms with Gasteiger partial charge in [-0.3, -0.25) is 4.79 Å². The lowest BCUT2D eigenvalue weighted by atomic mass is 9.76. The summed E-state index contributed by atoms with van der Waals surface area (Å²) in [5, 5.41) is 0. The molecule has 1 aromatic carbocycles. The molecule has 0 bridgehead atoms. The lowest BCUT2D eigenvalue weighted by Gasteiger charge is -2.31. The maximum Gasteiger partial charge on any atom is 0.322 e. The highest BCUT2D eigenvalue weighted by Gasteiger charge is 2.33. The molecule has 0 saturated carbocycles. The Morgan fingerprint density at radius 1 is 1.17 bits per heavy atom. The molecule has 1 aromatic rings. The van der Waals surface area contributed by atoms with Gasteiger partial charge in [-0.15, -0.1) is 0 Å². The number of ether oxygens (including phenoxy) is 1. The SMILES string of the molecule is COC(=O)C(N)C(C(C)C)C(C)c1ccccc1. The first-order chi connectivity index (χ1) is 8.49. The first kappa shape index (κ1) is 14.7. The van der Waals surface area contributed by atoms with Crippen LogP contribution in [-0.4, -0.2) is 19.1 Å². The van der Waals surface area contributed by atoms with Crippen LogP contribution in [0.25, 0.3) is 0 Å². The average molecular weight is 249 g/mol. The lowest BCUT2D eigenvalue weighted by molar-refractivity contribution is -0.144. The molecule has 0 aliphatic carbocycles. The minimum Gasteiger partial charge on any atom is -0.468 e. The Bertz CT molecular complexity index is 375. The van der Waals surface area contributed by atoms with E-state index in [9.17, 15) is 4.79 Å². The van der Waals surface area contributed by atoms with Gasteiger partial charge in [0.1, 0.15) is 6.04 Å². The predicted octanol–water partition coefficient (Wildman–Crippen LogP) is 2.56. The summed E-state index contributed by atoms with van der Waals surface area (Å²) in [5.41, 5.74) is 7.24. The third-order valence-corrected chi connectivity index (χ3v) is 3.56. The molecule has 3 atom stereocenters. The summed E-state index contributed by atoms with van der Waals surface area (Å²) in [6.45, 7) is 6.29. The molecule has 100 valence electrons. The van der Waals surface area contributed by atoms with Gasteiger partial charge < -0.3 is 10.5 Å². The van der Waals surface area contributed by atoms with E-state index in [1.807, 2.05) is 18.2 Å². The molecular weight excluding hydrogens is 226 g/mol. The number of carbonyl (C=O) groups excluding carboxylic acids is 1. The van der Waals surface area contributed by atoms with Crippen LogP contribution < -0.4 is 5.73 Å². The molecular formula is C15H23NO2. The minimum atomic E-state index is -0.579. The fourth-order valence-electron chi connectivity index (χ4n) is 2.58. The van der Waals surface area contributed by atoms with Gasteiger partial charge in [0.25, 0.3) is 0 Å². The summed E-state index contributed by atoms with van der Waals surface area (Å²) in [7, 11) is 1.38. The zero-order valence-electron chi connectivity index (χ0n) is 11.6. The summed E-state index contributed by atoms with van der Waals surface area (Å²) < 4.78 is 4.77. The Morgan fingerprint density at radius 3 is 2.17 bits per heavy atom. The zero-order valence-corrected chi connectivity index (χ0v) is 11.6. The van der Waals surface area contributed by atoms with Crippen molar-refractivity contribution >= 4 is 5.97 Å². The quantitative estimate of drug-likeness (QED) is 0.816. The number of methoxy groups -OCH3 is 1. The Labute approximate surface area is 109 Å². The highest BCUT2D eigenvalue weighted by atomic mass is 16.5. The van der Waals surface area contributed by atoms with Gasteiger partial charge in [0.2, 0.25) is 0 Å². The topological polar surface area (TPSA) is 52.3 Å². The van der Waals surface area contributed by atoms with Gasteiger partial charge >= 0.3 is 5.97 Å². The molecule has 0 spiro atoms. The van der Waals surface area contributed by atoms with Crippen molar-refractivity contribution in [1.29, 1.82) is 0 Å². The van der Waals surface area contributed by atoms with Crippen molar-refractivity contribution in [3.8, 4) is 0 Å². The van der Waals surface area contributed by atoms with Crippen molar-refractivity contribution < 1.29 is 9.53 Å². The number of carbonyl (C=O) groups is 1. The van der Waals surface area contributed by atoms with Crippen molar-refractivity contribution in [2.24, 2.45) is 17.6 Å². The maximum absolute atomic E-state index is 11.6. The van der Waals surface area contributed by atoms with Crippen LogP contribution in [0.3, 0.4) is 0 Å². The first-order valence-electron chi connectivity index (χ1n) is 6.37. The molecule has 0 amide bonds. The van der Waals surface area contributed by atoms with E-state index in [-0.39, 0.29) is 17.8 Å². The van der Waals surface area contributed by atoms with Gasteiger partial charge in [0.15, 0.2) is 0 Å². The summed E-state index contributed by atoms with van der Waals surface area (Å²) in [6, 6.07) is 9.57. The summed E-state index contributed by atoms with van der Waals surface area (Å²) in [5.74, 6) is 0.269. The summed E-state index contributed by atoms with van der Waals surface area (Å²) in [4.78, 5) is 11.6. The van der Waals surface area contributed by atoms with Crippen molar-refractivity contribution in [1.82, 2.24) is 0 Å². The number of rotatable bonds is 5. The molecule has 3 unspecified atom stereocenters. The maximum atomic E-state index is 11.6. The Morgan fingerprint density at radius 2 is 1.72 bits per heavy atom. The molecule has 0 aromatic heterocycles. The molecule has 1 rings (SSSR count). The van der Waals surface area contributed by atoms with Crippen LogP contribution in [0.1, 0.15) is 32.3 Å². The van der Waals surface area contributed by atoms with E-state index in [1.165, 1.54) is 12.7 Å². The van der Waals surface area contributed by atoms with E-state index in [0.717, 1.165) is 0 Å². The van der Waals surface area contributed by atoms with Gasteiger partial charge in [-0.05, 0) is 23.3 Å². The fourth-order valence-corrected chi connectivity index (χ4v) is 2.58. The van der Waals surface area contributed by atoms with E-state index in [0.29, 0.717) is 5.92 Å². The molecule has 18 heavy (non-hydrogen) atoms. The van der Waals surface area contributed by atoms with Crippen molar-refractivity contribution in [3.63, 3.8) is 0 Å². The Balaban J connectivity index is 2.95. The summed E-state index contributed by atoms with van der Waals surface area (Å²) in [6.07, 6.45) is 0. The monoisotopic (exact) mass is 249 g/mol. The number of hydrogen-bond acceptors (Lipinski definition) is 3. The van der Waals surface area contributed by atoms with Crippen LogP contribution in [-0.2, 0) is 9.53 Å². The van der Waals surface area contributed by atoms with E-state index in [2.05, 4.69) is 32.9 Å². The standard InChI is InChI=1S/C15H23NO2/c1-10(2)13(14(16)15(17)18-4)11(3)12-8-6-5-7-9-12/h5-11,13-14H,16H2,1-4H3. The smallest absolute Gasteiger partial charge is 0.322 e. The second-order valence-electron chi connectivity index (χ2n) is 5.07. The van der Waals surface area contributed by atoms with Gasteiger partial charge in [-0.1, -0.05) is 51.1 Å². The van der Waals surface area contributed by atoms with Crippen LogP contribution in [0.2, 0.25) is 0 Å². The molecule has 2 N–H and O–H groups in total. The number of hydrogen-bond donors (Lipinski definition) is 1. The number of benzene rings is 1. The van der Waals surface area contributed by atoms with E-state index in [4.69, 9.17) is 10.5 Å². The molecule has 0 aliphatic rings. The third kappa shape index (κ3) is 3.33. The normalized spacial score (nSPS) is 16.1. The van der Waals surface area contributed by atoms with E-state index < -0.39 is 6.04 Å². The van der Waals surface area contributed by atoms with E-state index >= 15 is 0 Å². The van der Waals surface area contributed by atoms with Gasteiger partial charge in [-0.25, -0.2) is 0 Å². The van der Waals surface area contributed by atoms with Crippen LogP contribution >= 0.6 is 0 Å². The Kier molecular flexibility index (Phi) is 5.35. The molecule has 0 saturated heterocycles. The van der Waals surface area contributed by atoms with Crippen molar-refractivity contribution in [3.05, 3.63) is 35.9 Å². The number of esters is 1. The average Bonchev–Trinajstić information content (AvgIpc) is 2.38. The predicted molar refractivity (Wildman–Crippen MR) is 73.2 cm³/mol. The molecule has 0 fully saturated rings. The highest BCUT2D eigenvalue weighted by molar-refractivity contribution is 5.75. The first-order valence-corrected chi connectivity index (χ1v) is 6.37. The van der Waals surface area contributed by atoms with Gasteiger partial charge in [0.05, 0.1) is 7.11 Å². The molecule has 0 radical (unpaired) electrons. The van der Waals surface area contributed by atoms with Crippen LogP contribution in [0.5, 0.6) is 0 Å². The van der Waals surface area contributed by atoms with E-state index in [1.54, 1.807) is 0 Å². The van der Waals surface area contributed by atoms with Gasteiger partial charge in [-0.2, -0.15) is 0 Å². The largest absolute Gasteiger partial charge is 0.468 e. The molecule has 3 nitrogen and oxygen atoms in total. The zero-order chi connectivity index (χ0) is 13.7. The van der Waals surface area contributed by atoms with Crippen LogP contribution in [0.15, 0.2) is 30.3 Å². The molecule has 3 heteroatoms. The van der Waals surface area contributed by atoms with Crippen molar-refractivity contribution in [2.75, 3.05) is 7.11 Å². The minimum absolute atomic E-state index is 0.0693. The molecule has 0 aliphatic heterocycles. The van der Waals surface area contributed by atoms with Crippen LogP contribution in [0, 0.1) is 11.8 Å². The molecule has 0 heterocycles. The Hall–Kier alpha value is -1.35. The van der Waals surface area contributed by atoms with Crippen molar-refractivity contribution in [2.45, 2.75) is 32.7 Å². The second kappa shape index (κ2) is 6.55. The highest BCUT2D eigenvalue weighted by Crippen LogP contribution is 2.32. The van der Waals surface area contributed by atoms with Gasteiger partial charge in [0, 0.05) is 0 Å². The summed E-state index contributed by atoms with van der Waals surface area (Å²) >= 11 is 0. The third-order valence-electron chi connectivity index (χ3n) is 3.56. The lowest BCUT2D eigenvalue weighted by Crippen LogP contribution is -2.43. The fraction of sp³-hybridized carbons (Fsp3) is 0.533. The second-order valence-corrected chi connectivity index (χ2v) is 5.07. The number of nitrogens with two attached hydrogens (primary N) is 1. The van der Waals surface area contributed by atoms with Crippen LogP contribution in [0.4, 0.5) is 0 Å².